The van der Waals surface area contributed by atoms with Gasteiger partial charge in [0.1, 0.15) is 0 Å². The first-order valence-corrected chi connectivity index (χ1v) is 5.17. The van der Waals surface area contributed by atoms with E-state index in [2.05, 4.69) is 16.2 Å². The molecule has 0 N–H and O–H groups in total. The molecule has 1 atom stereocenters. The molecule has 1 aliphatic rings. The molecule has 0 unspecified atom stereocenters. The molecule has 0 saturated carbocycles. The van der Waals surface area contributed by atoms with Crippen molar-refractivity contribution >= 4 is 5.97 Å². The maximum absolute atomic E-state index is 11.1. The van der Waals surface area contributed by atoms with Crippen LogP contribution in [0.5, 0.6) is 0 Å². The van der Waals surface area contributed by atoms with Crippen LogP contribution in [-0.4, -0.2) is 50.3 Å². The lowest BCUT2D eigenvalue weighted by molar-refractivity contribution is -0.145. The highest BCUT2D eigenvalue weighted by Crippen LogP contribution is 2.10. The Kier molecular flexibility index (Phi) is 4.78. The molecule has 1 fully saturated rings. The molecule has 15 heavy (non-hydrogen) atoms. The van der Waals surface area contributed by atoms with Crippen molar-refractivity contribution in [1.29, 1.82) is 0 Å². The first-order chi connectivity index (χ1) is 7.11. The lowest BCUT2D eigenvalue weighted by Gasteiger charge is -2.32. The number of carbonyl (C=O) groups is 1. The molecular formula is C11H19NO3. The Labute approximate surface area is 90.8 Å². The average Bonchev–Trinajstić information content (AvgIpc) is 2.17. The van der Waals surface area contributed by atoms with Crippen LogP contribution in [0.15, 0.2) is 12.2 Å². The maximum atomic E-state index is 11.1. The molecule has 0 aromatic carbocycles. The van der Waals surface area contributed by atoms with Crippen molar-refractivity contribution in [1.82, 2.24) is 4.90 Å². The molecule has 4 heteroatoms. The maximum Gasteiger partial charge on any atom is 0.308 e. The van der Waals surface area contributed by atoms with Gasteiger partial charge in [0.15, 0.2) is 0 Å². The summed E-state index contributed by atoms with van der Waals surface area (Å²) >= 11 is 0. The van der Waals surface area contributed by atoms with Crippen molar-refractivity contribution in [3.05, 3.63) is 12.2 Å². The van der Waals surface area contributed by atoms with Crippen LogP contribution in [0.2, 0.25) is 0 Å². The van der Waals surface area contributed by atoms with E-state index in [1.165, 1.54) is 7.11 Å². The standard InChI is InChI=1S/C11H19NO3/c1-9(2)7-12-4-5-15-10(8-12)6-11(13)14-3/h10H,1,4-8H2,2-3H3/t10-/m0/s1. The molecule has 0 bridgehead atoms. The molecule has 86 valence electrons. The quantitative estimate of drug-likeness (QED) is 0.512. The summed E-state index contributed by atoms with van der Waals surface area (Å²) in [5.41, 5.74) is 1.13. The average molecular weight is 213 g/mol. The van der Waals surface area contributed by atoms with Crippen LogP contribution < -0.4 is 0 Å². The molecule has 0 amide bonds. The van der Waals surface area contributed by atoms with Gasteiger partial charge in [-0.25, -0.2) is 0 Å². The van der Waals surface area contributed by atoms with Crippen LogP contribution in [0.3, 0.4) is 0 Å². The van der Waals surface area contributed by atoms with Gasteiger partial charge in [-0.3, -0.25) is 9.69 Å². The number of methoxy groups -OCH3 is 1. The van der Waals surface area contributed by atoms with Crippen molar-refractivity contribution < 1.29 is 14.3 Å². The van der Waals surface area contributed by atoms with Crippen molar-refractivity contribution in [2.24, 2.45) is 0 Å². The highest BCUT2D eigenvalue weighted by Gasteiger charge is 2.22. The third-order valence-electron chi connectivity index (χ3n) is 2.34. The minimum absolute atomic E-state index is 0.0365. The van der Waals surface area contributed by atoms with Gasteiger partial charge in [0, 0.05) is 19.6 Å². The Morgan fingerprint density at radius 2 is 2.40 bits per heavy atom. The second-order valence-corrected chi connectivity index (χ2v) is 3.97. The van der Waals surface area contributed by atoms with Crippen LogP contribution in [-0.2, 0) is 14.3 Å². The van der Waals surface area contributed by atoms with Crippen molar-refractivity contribution in [3.8, 4) is 0 Å². The second kappa shape index (κ2) is 5.88. The van der Waals surface area contributed by atoms with Crippen LogP contribution in [0.4, 0.5) is 0 Å². The monoisotopic (exact) mass is 213 g/mol. The van der Waals surface area contributed by atoms with E-state index in [0.29, 0.717) is 13.0 Å². The van der Waals surface area contributed by atoms with Gasteiger partial charge < -0.3 is 9.47 Å². The summed E-state index contributed by atoms with van der Waals surface area (Å²) in [7, 11) is 1.40. The summed E-state index contributed by atoms with van der Waals surface area (Å²) in [6.07, 6.45) is 0.300. The van der Waals surface area contributed by atoms with E-state index >= 15 is 0 Å². The molecule has 0 aromatic heterocycles. The summed E-state index contributed by atoms with van der Waals surface area (Å²) in [5, 5.41) is 0. The molecule has 0 radical (unpaired) electrons. The number of hydrogen-bond acceptors (Lipinski definition) is 4. The van der Waals surface area contributed by atoms with Gasteiger partial charge in [-0.1, -0.05) is 12.2 Å². The number of ether oxygens (including phenoxy) is 2. The summed E-state index contributed by atoms with van der Waals surface area (Å²) in [6, 6.07) is 0. The van der Waals surface area contributed by atoms with E-state index in [9.17, 15) is 4.79 Å². The zero-order valence-corrected chi connectivity index (χ0v) is 9.49. The van der Waals surface area contributed by atoms with Crippen LogP contribution in [0.1, 0.15) is 13.3 Å². The number of morpholine rings is 1. The van der Waals surface area contributed by atoms with E-state index in [4.69, 9.17) is 4.74 Å². The topological polar surface area (TPSA) is 38.8 Å². The van der Waals surface area contributed by atoms with Crippen molar-refractivity contribution in [3.63, 3.8) is 0 Å². The summed E-state index contributed by atoms with van der Waals surface area (Å²) in [5.74, 6) is -0.211. The molecule has 1 rings (SSSR count). The van der Waals surface area contributed by atoms with E-state index in [0.717, 1.165) is 25.2 Å². The third-order valence-corrected chi connectivity index (χ3v) is 2.34. The Balaban J connectivity index is 2.35. The summed E-state index contributed by atoms with van der Waals surface area (Å²) < 4.78 is 10.1. The second-order valence-electron chi connectivity index (χ2n) is 3.97. The molecule has 0 aliphatic carbocycles. The predicted molar refractivity (Wildman–Crippen MR) is 57.6 cm³/mol. The van der Waals surface area contributed by atoms with Crippen molar-refractivity contribution in [2.75, 3.05) is 33.4 Å². The molecule has 0 aromatic rings. The van der Waals surface area contributed by atoms with Gasteiger partial charge in [0.05, 0.1) is 26.2 Å². The Morgan fingerprint density at radius 1 is 1.67 bits per heavy atom. The van der Waals surface area contributed by atoms with Gasteiger partial charge in [0.2, 0.25) is 0 Å². The van der Waals surface area contributed by atoms with Crippen molar-refractivity contribution in [2.45, 2.75) is 19.4 Å². The highest BCUT2D eigenvalue weighted by atomic mass is 16.5. The van der Waals surface area contributed by atoms with Gasteiger partial charge in [-0.05, 0) is 6.92 Å². The Hall–Kier alpha value is -0.870. The first kappa shape index (κ1) is 12.2. The number of rotatable bonds is 4. The molecule has 4 nitrogen and oxygen atoms in total. The minimum Gasteiger partial charge on any atom is -0.469 e. The largest absolute Gasteiger partial charge is 0.469 e. The van der Waals surface area contributed by atoms with Gasteiger partial charge in [-0.15, -0.1) is 0 Å². The number of nitrogens with zero attached hydrogens (tertiary/aromatic N) is 1. The van der Waals surface area contributed by atoms with E-state index in [1.807, 2.05) is 6.92 Å². The third kappa shape index (κ3) is 4.44. The number of hydrogen-bond donors (Lipinski definition) is 0. The van der Waals surface area contributed by atoms with E-state index in [-0.39, 0.29) is 12.1 Å². The zero-order chi connectivity index (χ0) is 11.3. The molecular weight excluding hydrogens is 194 g/mol. The SMILES string of the molecule is C=C(C)CN1CCO[C@@H](CC(=O)OC)C1. The fraction of sp³-hybridized carbons (Fsp3) is 0.727. The number of carbonyl (C=O) groups excluding carboxylic acids is 1. The zero-order valence-electron chi connectivity index (χ0n) is 9.49. The highest BCUT2D eigenvalue weighted by molar-refractivity contribution is 5.69. The van der Waals surface area contributed by atoms with Gasteiger partial charge in [0.25, 0.3) is 0 Å². The first-order valence-electron chi connectivity index (χ1n) is 5.17. The van der Waals surface area contributed by atoms with Crippen LogP contribution in [0.25, 0.3) is 0 Å². The molecule has 1 heterocycles. The van der Waals surface area contributed by atoms with E-state index < -0.39 is 0 Å². The molecule has 1 aliphatic heterocycles. The Bertz CT molecular complexity index is 240. The van der Waals surface area contributed by atoms with E-state index in [1.54, 1.807) is 0 Å². The predicted octanol–water partition coefficient (Wildman–Crippen LogP) is 0.826. The number of esters is 1. The fourth-order valence-electron chi connectivity index (χ4n) is 1.70. The van der Waals surface area contributed by atoms with Crippen LogP contribution in [0, 0.1) is 0 Å². The molecule has 0 spiro atoms. The molecule has 1 saturated heterocycles. The normalized spacial score (nSPS) is 22.4. The Morgan fingerprint density at radius 3 is 3.00 bits per heavy atom. The smallest absolute Gasteiger partial charge is 0.308 e. The summed E-state index contributed by atoms with van der Waals surface area (Å²) in [4.78, 5) is 13.3. The summed E-state index contributed by atoms with van der Waals surface area (Å²) in [6.45, 7) is 9.12. The van der Waals surface area contributed by atoms with Gasteiger partial charge >= 0.3 is 5.97 Å². The lowest BCUT2D eigenvalue weighted by Crippen LogP contribution is -2.43. The van der Waals surface area contributed by atoms with Crippen LogP contribution >= 0.6 is 0 Å². The van der Waals surface area contributed by atoms with Gasteiger partial charge in [-0.2, -0.15) is 0 Å². The minimum atomic E-state index is -0.211. The lowest BCUT2D eigenvalue weighted by atomic mass is 10.2. The fourth-order valence-corrected chi connectivity index (χ4v) is 1.70.